The molecule has 21 nitrogen and oxygen atoms in total. The molecule has 59 heavy (non-hydrogen) atoms. The average Bonchev–Trinajstić information content (AvgIpc) is 3.76. The van der Waals surface area contributed by atoms with Gasteiger partial charge in [-0.2, -0.15) is 0 Å². The molecule has 0 saturated carbocycles. The molecule has 4 aliphatic rings. The molecule has 0 radical (unpaired) electrons. The van der Waals surface area contributed by atoms with Crippen molar-refractivity contribution in [2.24, 2.45) is 5.73 Å². The number of ether oxygens (including phenoxy) is 4. The number of aromatic hydroxyl groups is 2. The Kier molecular flexibility index (Phi) is 12.3. The van der Waals surface area contributed by atoms with Gasteiger partial charge in [0, 0.05) is 42.0 Å². The van der Waals surface area contributed by atoms with E-state index in [1.807, 2.05) is 0 Å². The van der Waals surface area contributed by atoms with Gasteiger partial charge in [-0.05, 0) is 13.0 Å². The van der Waals surface area contributed by atoms with Gasteiger partial charge in [-0.3, -0.25) is 19.0 Å². The van der Waals surface area contributed by atoms with Crippen molar-refractivity contribution < 1.29 is 74.2 Å². The maximum atomic E-state index is 13.6. The van der Waals surface area contributed by atoms with Gasteiger partial charge in [0.05, 0.1) is 55.0 Å². The van der Waals surface area contributed by atoms with E-state index >= 15 is 0 Å². The van der Waals surface area contributed by atoms with Crippen LogP contribution in [-0.2, 0) is 25.4 Å². The third-order valence-corrected chi connectivity index (χ3v) is 11.0. The Hall–Kier alpha value is -4.91. The standard InChI is InChI=1S/C27H29NO11.C10H13N5O4.ClH/c1-10-22(31)13(28)6-17(38-10)39-15-8-27(36,16(30)9-29)7-12-19(15)26(35)21-20(24(12)33)23(32)11-4-3-5-14(37-2)18(11)25(21)34;11-8-5-9(13-2-12-8)15(3-14-5)10-7(18)6(17)4(1-16)19-10;/h3-5,10,13,15,17,22,29,31,33,35-36H,6-9,28H2,1-2H3;2-4,6-7,10,16-18H,1H2,(H2,11,12,13);1H/t10-,13-,15-,17-,22+,27-;4-,6-,7-,10-;/m01./s1. The smallest absolute Gasteiger partial charge is 0.202 e. The molecule has 2 fully saturated rings. The Morgan fingerprint density at radius 2 is 1.71 bits per heavy atom. The lowest BCUT2D eigenvalue weighted by Crippen LogP contribution is -2.53. The van der Waals surface area contributed by atoms with Gasteiger partial charge in [-0.1, -0.05) is 12.1 Å². The first-order chi connectivity index (χ1) is 27.6. The van der Waals surface area contributed by atoms with Crippen LogP contribution in [0, 0.1) is 0 Å². The van der Waals surface area contributed by atoms with E-state index in [0.717, 1.165) is 0 Å². The van der Waals surface area contributed by atoms with E-state index in [1.165, 1.54) is 42.5 Å². The highest BCUT2D eigenvalue weighted by atomic mass is 35.5. The summed E-state index contributed by atoms with van der Waals surface area (Å²) in [6.07, 6.45) is -6.55. The van der Waals surface area contributed by atoms with Gasteiger partial charge in [-0.25, -0.2) is 15.0 Å². The van der Waals surface area contributed by atoms with Crippen molar-refractivity contribution in [3.8, 4) is 17.2 Å². The molecule has 2 aliphatic carbocycles. The van der Waals surface area contributed by atoms with E-state index in [2.05, 4.69) is 15.0 Å². The van der Waals surface area contributed by atoms with Crippen molar-refractivity contribution in [1.82, 2.24) is 19.5 Å². The molecule has 4 aromatic rings. The minimum Gasteiger partial charge on any atom is -0.507 e. The van der Waals surface area contributed by atoms with Crippen molar-refractivity contribution in [2.75, 3.05) is 26.1 Å². The molecule has 318 valence electrons. The fraction of sp³-hybridized carbons (Fsp3) is 0.459. The summed E-state index contributed by atoms with van der Waals surface area (Å²) >= 11 is 0. The van der Waals surface area contributed by atoms with Crippen molar-refractivity contribution in [2.45, 2.75) is 87.0 Å². The van der Waals surface area contributed by atoms with E-state index in [4.69, 9.17) is 35.5 Å². The number of imidazole rings is 1. The molecule has 2 aromatic carbocycles. The summed E-state index contributed by atoms with van der Waals surface area (Å²) in [6, 6.07) is 3.64. The third kappa shape index (κ3) is 7.27. The van der Waals surface area contributed by atoms with Crippen LogP contribution in [-0.4, -0.2) is 146 Å². The lowest BCUT2D eigenvalue weighted by atomic mass is 9.72. The molecule has 0 unspecified atom stereocenters. The second-order valence-corrected chi connectivity index (χ2v) is 14.5. The van der Waals surface area contributed by atoms with Gasteiger partial charge >= 0.3 is 0 Å². The minimum absolute atomic E-state index is 0. The molecule has 12 N–H and O–H groups in total. The molecule has 2 aliphatic heterocycles. The second-order valence-electron chi connectivity index (χ2n) is 14.5. The number of methoxy groups -OCH3 is 1. The number of aliphatic hydroxyl groups is 6. The van der Waals surface area contributed by atoms with Crippen LogP contribution >= 0.6 is 12.4 Å². The summed E-state index contributed by atoms with van der Waals surface area (Å²) in [6.45, 7) is 0.169. The van der Waals surface area contributed by atoms with Gasteiger partial charge in [0.25, 0.3) is 0 Å². The second kappa shape index (κ2) is 16.6. The lowest BCUT2D eigenvalue weighted by Gasteiger charge is -2.42. The van der Waals surface area contributed by atoms with Gasteiger partial charge in [0.2, 0.25) is 5.78 Å². The van der Waals surface area contributed by atoms with Crippen LogP contribution < -0.4 is 16.2 Å². The molecule has 8 rings (SSSR count). The predicted molar refractivity (Wildman–Crippen MR) is 202 cm³/mol. The first-order valence-electron chi connectivity index (χ1n) is 18.1. The number of ketones is 3. The van der Waals surface area contributed by atoms with Crippen LogP contribution in [0.15, 0.2) is 30.9 Å². The third-order valence-electron chi connectivity index (χ3n) is 11.0. The van der Waals surface area contributed by atoms with Crippen LogP contribution in [0.1, 0.15) is 75.1 Å². The number of nitrogen functional groups attached to an aromatic ring is 1. The van der Waals surface area contributed by atoms with E-state index in [1.54, 1.807) is 6.92 Å². The number of hydrogen-bond donors (Lipinski definition) is 10. The number of anilines is 1. The number of aromatic nitrogens is 4. The monoisotopic (exact) mass is 846 g/mol. The maximum Gasteiger partial charge on any atom is 0.202 e. The molecule has 0 bridgehead atoms. The number of nitrogens with two attached hydrogens (primary N) is 2. The van der Waals surface area contributed by atoms with E-state index in [0.29, 0.717) is 11.2 Å². The number of hydrogen-bond acceptors (Lipinski definition) is 20. The number of rotatable bonds is 7. The first kappa shape index (κ1) is 43.7. The highest BCUT2D eigenvalue weighted by molar-refractivity contribution is 6.31. The van der Waals surface area contributed by atoms with Gasteiger partial charge < -0.3 is 71.3 Å². The number of benzene rings is 2. The maximum absolute atomic E-state index is 13.6. The Morgan fingerprint density at radius 3 is 2.36 bits per heavy atom. The fourth-order valence-corrected chi connectivity index (χ4v) is 7.92. The van der Waals surface area contributed by atoms with Crippen LogP contribution in [0.25, 0.3) is 11.2 Å². The summed E-state index contributed by atoms with van der Waals surface area (Å²) in [5.41, 5.74) is 8.82. The SMILES string of the molecule is COc1cccc2c1C(=O)c1c(O)c3c(c(O)c1C2=O)C[C@@](O)(C(=O)CO)C[C@@H]3O[C@H]1C[C@H](N)[C@H](O)[C@H](C)O1.Cl.Nc1ncnc2c1ncn2[C@@H]1O[C@H](CO)[C@@H](O)[C@H]1O. The molecule has 2 aromatic heterocycles. The van der Waals surface area contributed by atoms with Gasteiger partial charge in [0.1, 0.15) is 59.6 Å². The number of carbonyl (C=O) groups is 3. The van der Waals surface area contributed by atoms with Gasteiger partial charge in [-0.15, -0.1) is 12.4 Å². The number of fused-ring (bicyclic) bond motifs is 4. The van der Waals surface area contributed by atoms with Crippen LogP contribution in [0.3, 0.4) is 0 Å². The Morgan fingerprint density at radius 1 is 1.00 bits per heavy atom. The highest BCUT2D eigenvalue weighted by Gasteiger charge is 2.50. The highest BCUT2D eigenvalue weighted by Crippen LogP contribution is 2.52. The topological polar surface area (TPSA) is 346 Å². The van der Waals surface area contributed by atoms with Crippen LogP contribution in [0.2, 0.25) is 0 Å². The van der Waals surface area contributed by atoms with Crippen molar-refractivity contribution in [3.63, 3.8) is 0 Å². The summed E-state index contributed by atoms with van der Waals surface area (Å²) < 4.78 is 23.8. The molecule has 10 atom stereocenters. The fourth-order valence-electron chi connectivity index (χ4n) is 7.92. The largest absolute Gasteiger partial charge is 0.507 e. The Balaban J connectivity index is 0.000000245. The number of phenols is 2. The summed E-state index contributed by atoms with van der Waals surface area (Å²) in [5, 5.41) is 82.4. The van der Waals surface area contributed by atoms with Crippen molar-refractivity contribution in [1.29, 1.82) is 0 Å². The zero-order valence-electron chi connectivity index (χ0n) is 31.4. The molecular formula is C37H43ClN6O15. The molecule has 22 heteroatoms. The van der Waals surface area contributed by atoms with Crippen LogP contribution in [0.4, 0.5) is 5.82 Å². The average molecular weight is 847 g/mol. The predicted octanol–water partition coefficient (Wildman–Crippen LogP) is -1.56. The first-order valence-corrected chi connectivity index (χ1v) is 18.1. The van der Waals surface area contributed by atoms with Crippen molar-refractivity contribution >= 4 is 46.7 Å². The van der Waals surface area contributed by atoms with Crippen LogP contribution in [0.5, 0.6) is 17.2 Å². The molecule has 4 heterocycles. The number of nitrogens with zero attached hydrogens (tertiary/aromatic N) is 4. The molecule has 0 spiro atoms. The summed E-state index contributed by atoms with van der Waals surface area (Å²) in [4.78, 5) is 51.6. The zero-order chi connectivity index (χ0) is 42.0. The Labute approximate surface area is 340 Å². The van der Waals surface area contributed by atoms with E-state index in [-0.39, 0.29) is 52.6 Å². The minimum atomic E-state index is -2.24. The number of carbonyl (C=O) groups excluding carboxylic acids is 3. The molecule has 2 saturated heterocycles. The summed E-state index contributed by atoms with van der Waals surface area (Å²) in [7, 11) is 1.32. The Bertz CT molecular complexity index is 2280. The molecular weight excluding hydrogens is 804 g/mol. The normalized spacial score (nSPS) is 29.7. The number of Topliss-reactive ketones (excluding diaryl/α,β-unsaturated/α-hetero) is 1. The van der Waals surface area contributed by atoms with Crippen molar-refractivity contribution in [3.05, 3.63) is 64.2 Å². The molecule has 0 amide bonds. The lowest BCUT2D eigenvalue weighted by molar-refractivity contribution is -0.247. The zero-order valence-corrected chi connectivity index (χ0v) is 32.2. The van der Waals surface area contributed by atoms with Gasteiger partial charge in [0.15, 0.2) is 35.5 Å². The number of phenolic OH excluding ortho intramolecular Hbond substituents is 2. The summed E-state index contributed by atoms with van der Waals surface area (Å²) in [5.74, 6) is -3.56. The van der Waals surface area contributed by atoms with E-state index in [9.17, 15) is 50.1 Å². The van der Waals surface area contributed by atoms with E-state index < -0.39 is 127 Å². The number of aliphatic hydroxyl groups excluding tert-OH is 5. The quantitative estimate of drug-likeness (QED) is 0.0828. The number of halogens is 1.